The largest absolute Gasteiger partial charge is 0.465 e. The van der Waals surface area contributed by atoms with Gasteiger partial charge in [-0.25, -0.2) is 17.5 Å². The number of nitrogens with zero attached hydrogens (tertiary/aromatic N) is 2. The molecule has 8 nitrogen and oxygen atoms in total. The maximum Gasteiger partial charge on any atom is 0.337 e. The van der Waals surface area contributed by atoms with E-state index >= 15 is 0 Å². The van der Waals surface area contributed by atoms with Crippen LogP contribution in [-0.2, 0) is 19.6 Å². The van der Waals surface area contributed by atoms with E-state index in [-0.39, 0.29) is 10.8 Å². The lowest BCUT2D eigenvalue weighted by Crippen LogP contribution is -2.78. The minimum absolute atomic E-state index is 0.107. The standard InChI is InChI=1S/C24H24N2O6S/c1-15-4-7-17(8-5-15)33(29,30)26-20-10-13-23(22(26)28)11-3-12-24(23)25(20)18-9-6-16(21(27)31-2)14-19(18)32-24/h4-9,14,20H,3,10-13H2,1-2H3/t20-,23-,24+/m0/s1. The van der Waals surface area contributed by atoms with Gasteiger partial charge < -0.3 is 14.4 Å². The Morgan fingerprint density at radius 2 is 1.88 bits per heavy atom. The highest BCUT2D eigenvalue weighted by atomic mass is 32.2. The van der Waals surface area contributed by atoms with Crippen molar-refractivity contribution >= 4 is 27.6 Å². The Morgan fingerprint density at radius 3 is 2.61 bits per heavy atom. The summed E-state index contributed by atoms with van der Waals surface area (Å²) in [5, 5.41) is 0. The van der Waals surface area contributed by atoms with Crippen LogP contribution in [0.1, 0.15) is 48.0 Å². The molecule has 4 fully saturated rings. The van der Waals surface area contributed by atoms with E-state index in [1.54, 1.807) is 42.5 Å². The molecule has 2 spiro atoms. The Morgan fingerprint density at radius 1 is 1.12 bits per heavy atom. The zero-order chi connectivity index (χ0) is 23.2. The first-order valence-electron chi connectivity index (χ1n) is 11.1. The molecule has 0 N–H and O–H groups in total. The van der Waals surface area contributed by atoms with E-state index in [4.69, 9.17) is 9.47 Å². The van der Waals surface area contributed by atoms with E-state index < -0.39 is 33.3 Å². The summed E-state index contributed by atoms with van der Waals surface area (Å²) in [5.74, 6) is -0.375. The molecule has 33 heavy (non-hydrogen) atoms. The predicted octanol–water partition coefficient (Wildman–Crippen LogP) is 3.20. The van der Waals surface area contributed by atoms with E-state index in [0.29, 0.717) is 42.7 Å². The Balaban J connectivity index is 1.51. The Hall–Kier alpha value is -3.07. The SMILES string of the molecule is COC(=O)c1ccc2c(c1)O[C@]13CCC[C@@]14CC[C@@H](N23)N(S(=O)(=O)c1ccc(C)cc1)C4=O. The van der Waals surface area contributed by atoms with Crippen LogP contribution in [0.15, 0.2) is 47.4 Å². The normalized spacial score (nSPS) is 29.4. The molecule has 0 radical (unpaired) electrons. The van der Waals surface area contributed by atoms with Crippen LogP contribution in [0, 0.1) is 12.3 Å². The smallest absolute Gasteiger partial charge is 0.337 e. The number of esters is 1. The molecule has 2 aromatic carbocycles. The van der Waals surface area contributed by atoms with Crippen molar-refractivity contribution in [3.05, 3.63) is 53.6 Å². The van der Waals surface area contributed by atoms with E-state index in [2.05, 4.69) is 0 Å². The second-order valence-corrected chi connectivity index (χ2v) is 11.1. The highest BCUT2D eigenvalue weighted by Crippen LogP contribution is 2.67. The van der Waals surface area contributed by atoms with Crippen molar-refractivity contribution in [2.24, 2.45) is 5.41 Å². The van der Waals surface area contributed by atoms with Gasteiger partial charge in [-0.05, 0) is 62.9 Å². The third-order valence-electron chi connectivity index (χ3n) is 7.76. The summed E-state index contributed by atoms with van der Waals surface area (Å²) >= 11 is 0. The van der Waals surface area contributed by atoms with E-state index in [0.717, 1.165) is 16.3 Å². The zero-order valence-electron chi connectivity index (χ0n) is 18.4. The molecular weight excluding hydrogens is 444 g/mol. The molecule has 0 unspecified atom stereocenters. The van der Waals surface area contributed by atoms with Gasteiger partial charge in [0.05, 0.1) is 23.3 Å². The lowest BCUT2D eigenvalue weighted by atomic mass is 9.68. The molecular formula is C24H24N2O6S. The number of ether oxygens (including phenoxy) is 2. The van der Waals surface area contributed by atoms with Gasteiger partial charge in [-0.1, -0.05) is 17.7 Å². The number of carbonyl (C=O) groups excluding carboxylic acids is 2. The maximum absolute atomic E-state index is 14.0. The molecule has 4 aliphatic heterocycles. The fourth-order valence-electron chi connectivity index (χ4n) is 6.30. The molecule has 9 heteroatoms. The minimum atomic E-state index is -4.06. The van der Waals surface area contributed by atoms with Gasteiger partial charge >= 0.3 is 5.97 Å². The molecule has 3 atom stereocenters. The van der Waals surface area contributed by atoms with Gasteiger partial charge in [0.25, 0.3) is 10.0 Å². The summed E-state index contributed by atoms with van der Waals surface area (Å²) in [4.78, 5) is 28.1. The van der Waals surface area contributed by atoms with Gasteiger partial charge in [0.1, 0.15) is 17.3 Å². The average Bonchev–Trinajstić information content (AvgIpc) is 3.35. The molecule has 172 valence electrons. The minimum Gasteiger partial charge on any atom is -0.465 e. The molecule has 4 heterocycles. The number of aryl methyl sites for hydroxylation is 1. The molecule has 2 bridgehead atoms. The number of hydrogen-bond acceptors (Lipinski definition) is 7. The average molecular weight is 469 g/mol. The van der Waals surface area contributed by atoms with Crippen molar-refractivity contribution in [3.63, 3.8) is 0 Å². The quantitative estimate of drug-likeness (QED) is 0.639. The highest BCUT2D eigenvalue weighted by Gasteiger charge is 2.76. The van der Waals surface area contributed by atoms with Crippen LogP contribution in [0.5, 0.6) is 5.75 Å². The van der Waals surface area contributed by atoms with E-state index in [1.165, 1.54) is 7.11 Å². The van der Waals surface area contributed by atoms with Crippen molar-refractivity contribution in [2.75, 3.05) is 12.0 Å². The predicted molar refractivity (Wildman–Crippen MR) is 118 cm³/mol. The number of carbonyl (C=O) groups is 2. The second kappa shape index (κ2) is 6.50. The summed E-state index contributed by atoms with van der Waals surface area (Å²) in [6.45, 7) is 1.89. The summed E-state index contributed by atoms with van der Waals surface area (Å²) in [6.07, 6.45) is 2.35. The second-order valence-electron chi connectivity index (χ2n) is 9.30. The van der Waals surface area contributed by atoms with Crippen LogP contribution in [0.4, 0.5) is 5.69 Å². The molecule has 5 aliphatic rings. The molecule has 3 saturated heterocycles. The van der Waals surface area contributed by atoms with Gasteiger partial charge in [0.2, 0.25) is 5.91 Å². The number of hydrogen-bond donors (Lipinski definition) is 0. The first-order chi connectivity index (χ1) is 15.7. The topological polar surface area (TPSA) is 93.2 Å². The summed E-state index contributed by atoms with van der Waals surface area (Å²) in [6, 6.07) is 11.6. The van der Waals surface area contributed by atoms with Crippen LogP contribution < -0.4 is 9.64 Å². The molecule has 2 aromatic rings. The van der Waals surface area contributed by atoms with Crippen LogP contribution in [0.3, 0.4) is 0 Å². The monoisotopic (exact) mass is 468 g/mol. The number of piperidine rings is 2. The first kappa shape index (κ1) is 20.5. The number of benzene rings is 2. The maximum atomic E-state index is 14.0. The number of fused-ring (bicyclic) bond motifs is 3. The van der Waals surface area contributed by atoms with Gasteiger partial charge in [-0.15, -0.1) is 0 Å². The fraction of sp³-hybridized carbons (Fsp3) is 0.417. The third kappa shape index (κ3) is 2.38. The Bertz CT molecular complexity index is 1310. The highest BCUT2D eigenvalue weighted by molar-refractivity contribution is 7.89. The molecule has 1 saturated carbocycles. The number of sulfonamides is 1. The van der Waals surface area contributed by atoms with Crippen LogP contribution in [0.2, 0.25) is 0 Å². The van der Waals surface area contributed by atoms with Crippen molar-refractivity contribution in [1.29, 1.82) is 0 Å². The summed E-state index contributed by atoms with van der Waals surface area (Å²) in [7, 11) is -2.74. The van der Waals surface area contributed by atoms with Crippen LogP contribution in [-0.4, -0.2) is 43.6 Å². The van der Waals surface area contributed by atoms with E-state index in [9.17, 15) is 18.0 Å². The molecule has 7 rings (SSSR count). The Labute approximate surface area is 192 Å². The first-order valence-corrected chi connectivity index (χ1v) is 12.6. The van der Waals surface area contributed by atoms with Crippen molar-refractivity contribution in [3.8, 4) is 5.75 Å². The summed E-state index contributed by atoms with van der Waals surface area (Å²) < 4.78 is 39.9. The molecule has 1 aliphatic carbocycles. The van der Waals surface area contributed by atoms with Gasteiger partial charge in [0, 0.05) is 6.42 Å². The third-order valence-corrected chi connectivity index (χ3v) is 9.56. The number of rotatable bonds is 3. The number of anilines is 1. The lowest BCUT2D eigenvalue weighted by molar-refractivity contribution is -0.171. The van der Waals surface area contributed by atoms with Crippen LogP contribution >= 0.6 is 0 Å². The summed E-state index contributed by atoms with van der Waals surface area (Å²) in [5.41, 5.74) is 0.113. The number of methoxy groups -OCH3 is 1. The lowest BCUT2D eigenvalue weighted by Gasteiger charge is -2.61. The van der Waals surface area contributed by atoms with E-state index in [1.807, 2.05) is 11.8 Å². The van der Waals surface area contributed by atoms with Gasteiger partial charge in [0.15, 0.2) is 5.72 Å². The zero-order valence-corrected chi connectivity index (χ0v) is 19.2. The van der Waals surface area contributed by atoms with Crippen molar-refractivity contribution in [2.45, 2.75) is 55.8 Å². The van der Waals surface area contributed by atoms with Gasteiger partial charge in [-0.2, -0.15) is 0 Å². The number of amides is 1. The Kier molecular flexibility index (Phi) is 4.04. The van der Waals surface area contributed by atoms with Gasteiger partial charge in [-0.3, -0.25) is 4.79 Å². The molecule has 0 aromatic heterocycles. The fourth-order valence-corrected chi connectivity index (χ4v) is 7.92. The van der Waals surface area contributed by atoms with Crippen molar-refractivity contribution < 1.29 is 27.5 Å². The van der Waals surface area contributed by atoms with Crippen molar-refractivity contribution in [1.82, 2.24) is 4.31 Å². The molecule has 1 amide bonds. The van der Waals surface area contributed by atoms with Crippen LogP contribution in [0.25, 0.3) is 0 Å².